The molecule has 3 rings (SSSR count). The van der Waals surface area contributed by atoms with Crippen LogP contribution in [0.25, 0.3) is 0 Å². The smallest absolute Gasteiger partial charge is 0.403 e. The number of alkyl halides is 3. The predicted octanol–water partition coefficient (Wildman–Crippen LogP) is 3.26. The van der Waals surface area contributed by atoms with Crippen molar-refractivity contribution in [3.05, 3.63) is 24.0 Å². The fourth-order valence-electron chi connectivity index (χ4n) is 3.59. The number of anilines is 1. The van der Waals surface area contributed by atoms with Gasteiger partial charge in [0.1, 0.15) is 0 Å². The first-order valence-corrected chi connectivity index (χ1v) is 9.70. The molecule has 0 radical (unpaired) electrons. The second-order valence-electron chi connectivity index (χ2n) is 7.28. The highest BCUT2D eigenvalue weighted by Gasteiger charge is 2.32. The van der Waals surface area contributed by atoms with Crippen LogP contribution in [0.5, 0.6) is 5.75 Å². The molecule has 0 spiro atoms. The van der Waals surface area contributed by atoms with Gasteiger partial charge in [-0.15, -0.1) is 13.2 Å². The van der Waals surface area contributed by atoms with E-state index < -0.39 is 24.0 Å². The van der Waals surface area contributed by atoms with Crippen LogP contribution < -0.4 is 15.4 Å². The summed E-state index contributed by atoms with van der Waals surface area (Å²) < 4.78 is 59.1. The van der Waals surface area contributed by atoms with Crippen LogP contribution in [0.1, 0.15) is 25.7 Å². The fraction of sp³-hybridized carbons (Fsp3) is 0.579. The van der Waals surface area contributed by atoms with Gasteiger partial charge in [0.15, 0.2) is 11.6 Å². The van der Waals surface area contributed by atoms with E-state index in [2.05, 4.69) is 15.4 Å². The second kappa shape index (κ2) is 9.50. The van der Waals surface area contributed by atoms with E-state index in [1.54, 1.807) is 4.90 Å². The van der Waals surface area contributed by atoms with Crippen LogP contribution in [-0.4, -0.2) is 55.5 Å². The standard InChI is InChI=1S/C19H23F4N3O4/c20-15-11-14(1-2-16(15)30-19(21,22)23)25-18(28)24-13-3-7-26(8-4-13)17(27)12-5-9-29-10-6-12/h1-2,11-13H,3-10H2,(H2,24,25,28). The van der Waals surface area contributed by atoms with Crippen molar-refractivity contribution in [2.45, 2.75) is 38.1 Å². The van der Waals surface area contributed by atoms with Crippen LogP contribution in [0, 0.1) is 11.7 Å². The summed E-state index contributed by atoms with van der Waals surface area (Å²) in [5, 5.41) is 5.12. The molecule has 0 unspecified atom stereocenters. The van der Waals surface area contributed by atoms with Crippen molar-refractivity contribution in [1.82, 2.24) is 10.2 Å². The number of carbonyl (C=O) groups is 2. The molecule has 11 heteroatoms. The Hall–Kier alpha value is -2.56. The third kappa shape index (κ3) is 6.22. The summed E-state index contributed by atoms with van der Waals surface area (Å²) >= 11 is 0. The van der Waals surface area contributed by atoms with E-state index in [1.807, 2.05) is 0 Å². The first kappa shape index (κ1) is 22.1. The number of amides is 3. The number of benzene rings is 1. The fourth-order valence-corrected chi connectivity index (χ4v) is 3.59. The quantitative estimate of drug-likeness (QED) is 0.715. The Balaban J connectivity index is 1.44. The molecule has 0 atom stereocenters. The monoisotopic (exact) mass is 433 g/mol. The van der Waals surface area contributed by atoms with Crippen molar-refractivity contribution in [3.63, 3.8) is 0 Å². The highest BCUT2D eigenvalue weighted by atomic mass is 19.4. The molecule has 0 bridgehead atoms. The number of nitrogens with one attached hydrogen (secondary N) is 2. The minimum Gasteiger partial charge on any atom is -0.403 e. The number of ether oxygens (including phenoxy) is 2. The molecular formula is C19H23F4N3O4. The van der Waals surface area contributed by atoms with Crippen molar-refractivity contribution in [1.29, 1.82) is 0 Å². The van der Waals surface area contributed by atoms with E-state index in [4.69, 9.17) is 4.74 Å². The first-order chi connectivity index (χ1) is 14.2. The van der Waals surface area contributed by atoms with Crippen LogP contribution in [0.4, 0.5) is 28.0 Å². The van der Waals surface area contributed by atoms with Gasteiger partial charge < -0.3 is 25.0 Å². The molecule has 2 heterocycles. The van der Waals surface area contributed by atoms with E-state index >= 15 is 0 Å². The Morgan fingerprint density at radius 2 is 1.77 bits per heavy atom. The van der Waals surface area contributed by atoms with Crippen LogP contribution >= 0.6 is 0 Å². The van der Waals surface area contributed by atoms with Gasteiger partial charge in [-0.2, -0.15) is 0 Å². The molecule has 2 aliphatic rings. The number of carbonyl (C=O) groups excluding carboxylic acids is 2. The van der Waals surface area contributed by atoms with Crippen LogP contribution in [0.15, 0.2) is 18.2 Å². The summed E-state index contributed by atoms with van der Waals surface area (Å²) in [4.78, 5) is 26.4. The lowest BCUT2D eigenvalue weighted by Crippen LogP contribution is -2.49. The van der Waals surface area contributed by atoms with Gasteiger partial charge in [-0.05, 0) is 37.8 Å². The predicted molar refractivity (Wildman–Crippen MR) is 98.4 cm³/mol. The minimum atomic E-state index is -5.01. The zero-order valence-electron chi connectivity index (χ0n) is 16.1. The number of nitrogens with zero attached hydrogens (tertiary/aromatic N) is 1. The molecule has 1 aromatic carbocycles. The number of piperidine rings is 1. The van der Waals surface area contributed by atoms with Gasteiger partial charge in [0.25, 0.3) is 0 Å². The summed E-state index contributed by atoms with van der Waals surface area (Å²) in [5.41, 5.74) is -0.00773. The maximum atomic E-state index is 13.7. The lowest BCUT2D eigenvalue weighted by Gasteiger charge is -2.35. The van der Waals surface area contributed by atoms with E-state index in [-0.39, 0.29) is 23.6 Å². The minimum absolute atomic E-state index is 0.00773. The van der Waals surface area contributed by atoms with E-state index in [0.717, 1.165) is 31.0 Å². The molecule has 2 N–H and O–H groups in total. The SMILES string of the molecule is O=C(Nc1ccc(OC(F)(F)F)c(F)c1)NC1CCN(C(=O)C2CCOCC2)CC1. The van der Waals surface area contributed by atoms with Crippen molar-refractivity contribution in [2.75, 3.05) is 31.6 Å². The zero-order chi connectivity index (χ0) is 21.7. The Bertz CT molecular complexity index is 761. The molecule has 2 saturated heterocycles. The molecule has 166 valence electrons. The third-order valence-corrected chi connectivity index (χ3v) is 5.13. The van der Waals surface area contributed by atoms with Crippen LogP contribution in [0.3, 0.4) is 0 Å². The topological polar surface area (TPSA) is 79.9 Å². The van der Waals surface area contributed by atoms with Crippen molar-refractivity contribution >= 4 is 17.6 Å². The Labute approximate surface area is 170 Å². The molecule has 0 aromatic heterocycles. The summed E-state index contributed by atoms with van der Waals surface area (Å²) in [6.45, 7) is 2.25. The summed E-state index contributed by atoms with van der Waals surface area (Å²) in [6, 6.07) is 1.88. The number of hydrogen-bond acceptors (Lipinski definition) is 4. The van der Waals surface area contributed by atoms with E-state index in [1.165, 1.54) is 0 Å². The summed E-state index contributed by atoms with van der Waals surface area (Å²) in [5.74, 6) is -2.11. The van der Waals surface area contributed by atoms with Crippen LogP contribution in [0.2, 0.25) is 0 Å². The molecule has 0 saturated carbocycles. The van der Waals surface area contributed by atoms with Gasteiger partial charge in [-0.1, -0.05) is 0 Å². The number of urea groups is 1. The van der Waals surface area contributed by atoms with Gasteiger partial charge in [-0.3, -0.25) is 4.79 Å². The largest absolute Gasteiger partial charge is 0.573 e. The summed E-state index contributed by atoms with van der Waals surface area (Å²) in [7, 11) is 0. The number of halogens is 4. The lowest BCUT2D eigenvalue weighted by molar-refractivity contribution is -0.275. The second-order valence-corrected chi connectivity index (χ2v) is 7.28. The molecule has 30 heavy (non-hydrogen) atoms. The average Bonchev–Trinajstić information content (AvgIpc) is 2.70. The van der Waals surface area contributed by atoms with Gasteiger partial charge in [0.2, 0.25) is 5.91 Å². The van der Waals surface area contributed by atoms with Crippen molar-refractivity contribution in [2.24, 2.45) is 5.92 Å². The van der Waals surface area contributed by atoms with Gasteiger partial charge in [-0.25, -0.2) is 9.18 Å². The highest BCUT2D eigenvalue weighted by Crippen LogP contribution is 2.27. The molecule has 1 aromatic rings. The van der Waals surface area contributed by atoms with Gasteiger partial charge in [0, 0.05) is 50.0 Å². The molecule has 7 nitrogen and oxygen atoms in total. The normalized spacial score (nSPS) is 18.7. The summed E-state index contributed by atoms with van der Waals surface area (Å²) in [6.07, 6.45) is -2.40. The molecule has 0 aliphatic carbocycles. The number of rotatable bonds is 4. The number of likely N-dealkylation sites (tertiary alicyclic amines) is 1. The van der Waals surface area contributed by atoms with Crippen molar-refractivity contribution < 1.29 is 36.6 Å². The van der Waals surface area contributed by atoms with Crippen LogP contribution in [-0.2, 0) is 9.53 Å². The molecule has 3 amide bonds. The average molecular weight is 433 g/mol. The molecule has 2 fully saturated rings. The molecular weight excluding hydrogens is 410 g/mol. The van der Waals surface area contributed by atoms with Crippen molar-refractivity contribution in [3.8, 4) is 5.75 Å². The zero-order valence-corrected chi connectivity index (χ0v) is 16.1. The Kier molecular flexibility index (Phi) is 7.01. The maximum Gasteiger partial charge on any atom is 0.573 e. The highest BCUT2D eigenvalue weighted by molar-refractivity contribution is 5.89. The Morgan fingerprint density at radius 1 is 1.10 bits per heavy atom. The lowest BCUT2D eigenvalue weighted by atomic mass is 9.96. The van der Waals surface area contributed by atoms with E-state index in [0.29, 0.717) is 39.1 Å². The van der Waals surface area contributed by atoms with E-state index in [9.17, 15) is 27.2 Å². The van der Waals surface area contributed by atoms with Gasteiger partial charge in [0.05, 0.1) is 0 Å². The molecule has 2 aliphatic heterocycles. The Morgan fingerprint density at radius 3 is 2.37 bits per heavy atom. The van der Waals surface area contributed by atoms with Gasteiger partial charge >= 0.3 is 12.4 Å². The third-order valence-electron chi connectivity index (χ3n) is 5.13. The number of hydrogen-bond donors (Lipinski definition) is 2. The first-order valence-electron chi connectivity index (χ1n) is 9.70. The maximum absolute atomic E-state index is 13.7.